The Morgan fingerprint density at radius 1 is 1.19 bits per heavy atom. The van der Waals surface area contributed by atoms with Gasteiger partial charge < -0.3 is 19.0 Å². The standard InChI is InChI=1S/C15H20N2O4/c18-14(10-12-3-9-20-11-12)16-4-6-17(7-5-16)15(19)13-2-1-8-21-13/h1-2,8,12H,3-7,9-11H2/t12-/m1/s1. The van der Waals surface area contributed by atoms with E-state index in [-0.39, 0.29) is 11.8 Å². The summed E-state index contributed by atoms with van der Waals surface area (Å²) in [6.07, 6.45) is 3.03. The van der Waals surface area contributed by atoms with Gasteiger partial charge in [0.2, 0.25) is 5.91 Å². The highest BCUT2D eigenvalue weighted by Gasteiger charge is 2.28. The monoisotopic (exact) mass is 292 g/mol. The predicted molar refractivity (Wildman–Crippen MR) is 74.7 cm³/mol. The largest absolute Gasteiger partial charge is 0.459 e. The zero-order valence-corrected chi connectivity index (χ0v) is 12.0. The fourth-order valence-electron chi connectivity index (χ4n) is 2.84. The first-order chi connectivity index (χ1) is 10.2. The summed E-state index contributed by atoms with van der Waals surface area (Å²) < 4.78 is 10.4. The molecule has 2 amide bonds. The first-order valence-corrected chi connectivity index (χ1v) is 7.42. The van der Waals surface area contributed by atoms with Crippen molar-refractivity contribution in [1.82, 2.24) is 9.80 Å². The summed E-state index contributed by atoms with van der Waals surface area (Å²) in [6, 6.07) is 3.37. The predicted octanol–water partition coefficient (Wildman–Crippen LogP) is 0.991. The average Bonchev–Trinajstić information content (AvgIpc) is 3.20. The smallest absolute Gasteiger partial charge is 0.289 e. The van der Waals surface area contributed by atoms with Crippen molar-refractivity contribution in [2.45, 2.75) is 12.8 Å². The number of hydrogen-bond acceptors (Lipinski definition) is 4. The Kier molecular flexibility index (Phi) is 4.24. The van der Waals surface area contributed by atoms with Crippen molar-refractivity contribution in [3.8, 4) is 0 Å². The van der Waals surface area contributed by atoms with E-state index < -0.39 is 0 Å². The SMILES string of the molecule is O=C(C[C@H]1CCOC1)N1CCN(C(=O)c2ccco2)CC1. The summed E-state index contributed by atoms with van der Waals surface area (Å²) in [6.45, 7) is 3.78. The van der Waals surface area contributed by atoms with Gasteiger partial charge in [-0.1, -0.05) is 0 Å². The van der Waals surface area contributed by atoms with Crippen LogP contribution in [-0.4, -0.2) is 61.0 Å². The number of amides is 2. The molecule has 6 heteroatoms. The first kappa shape index (κ1) is 14.1. The zero-order valence-electron chi connectivity index (χ0n) is 12.0. The second kappa shape index (κ2) is 6.30. The van der Waals surface area contributed by atoms with Gasteiger partial charge in [0.1, 0.15) is 0 Å². The number of piperazine rings is 1. The molecule has 0 spiro atoms. The van der Waals surface area contributed by atoms with Crippen LogP contribution in [0.4, 0.5) is 0 Å². The maximum atomic E-state index is 12.2. The van der Waals surface area contributed by atoms with Gasteiger partial charge in [0.15, 0.2) is 5.76 Å². The van der Waals surface area contributed by atoms with Crippen molar-refractivity contribution in [2.24, 2.45) is 5.92 Å². The van der Waals surface area contributed by atoms with E-state index in [1.165, 1.54) is 6.26 Å². The molecule has 0 saturated carbocycles. The van der Waals surface area contributed by atoms with Crippen LogP contribution in [0.25, 0.3) is 0 Å². The second-order valence-corrected chi connectivity index (χ2v) is 5.58. The fraction of sp³-hybridized carbons (Fsp3) is 0.600. The molecule has 3 rings (SSSR count). The highest BCUT2D eigenvalue weighted by atomic mass is 16.5. The molecule has 114 valence electrons. The molecule has 6 nitrogen and oxygen atoms in total. The van der Waals surface area contributed by atoms with E-state index >= 15 is 0 Å². The van der Waals surface area contributed by atoms with Crippen LogP contribution in [0.3, 0.4) is 0 Å². The lowest BCUT2D eigenvalue weighted by molar-refractivity contribution is -0.133. The number of nitrogens with zero attached hydrogens (tertiary/aromatic N) is 2. The molecule has 0 bridgehead atoms. The Labute approximate surface area is 123 Å². The van der Waals surface area contributed by atoms with E-state index in [1.807, 2.05) is 4.90 Å². The molecular weight excluding hydrogens is 272 g/mol. The van der Waals surface area contributed by atoms with E-state index in [1.54, 1.807) is 17.0 Å². The van der Waals surface area contributed by atoms with E-state index in [9.17, 15) is 9.59 Å². The Bertz CT molecular complexity index is 486. The lowest BCUT2D eigenvalue weighted by atomic mass is 10.0. The maximum Gasteiger partial charge on any atom is 0.289 e. The van der Waals surface area contributed by atoms with Gasteiger partial charge in [0, 0.05) is 45.8 Å². The van der Waals surface area contributed by atoms with Crippen molar-refractivity contribution < 1.29 is 18.7 Å². The van der Waals surface area contributed by atoms with Crippen LogP contribution < -0.4 is 0 Å². The molecule has 21 heavy (non-hydrogen) atoms. The molecule has 1 aromatic heterocycles. The highest BCUT2D eigenvalue weighted by Crippen LogP contribution is 2.18. The summed E-state index contributed by atoms with van der Waals surface area (Å²) in [5, 5.41) is 0. The number of hydrogen-bond donors (Lipinski definition) is 0. The Balaban J connectivity index is 1.48. The molecule has 2 fully saturated rings. The molecule has 1 aromatic rings. The summed E-state index contributed by atoms with van der Waals surface area (Å²) in [4.78, 5) is 27.9. The molecule has 2 aliphatic rings. The molecular formula is C15H20N2O4. The van der Waals surface area contributed by atoms with Crippen molar-refractivity contribution >= 4 is 11.8 Å². The van der Waals surface area contributed by atoms with Gasteiger partial charge in [-0.3, -0.25) is 9.59 Å². The Morgan fingerprint density at radius 3 is 2.57 bits per heavy atom. The van der Waals surface area contributed by atoms with E-state index in [2.05, 4.69) is 0 Å². The lowest BCUT2D eigenvalue weighted by Crippen LogP contribution is -2.50. The minimum absolute atomic E-state index is 0.101. The van der Waals surface area contributed by atoms with E-state index in [0.717, 1.165) is 13.0 Å². The Morgan fingerprint density at radius 2 is 1.95 bits per heavy atom. The van der Waals surface area contributed by atoms with Gasteiger partial charge in [-0.2, -0.15) is 0 Å². The van der Waals surface area contributed by atoms with Gasteiger partial charge in [-0.25, -0.2) is 0 Å². The van der Waals surface area contributed by atoms with Crippen LogP contribution in [0.5, 0.6) is 0 Å². The lowest BCUT2D eigenvalue weighted by Gasteiger charge is -2.34. The topological polar surface area (TPSA) is 63.0 Å². The van der Waals surface area contributed by atoms with Crippen LogP contribution in [0, 0.1) is 5.92 Å². The van der Waals surface area contributed by atoms with Crippen molar-refractivity contribution in [3.05, 3.63) is 24.2 Å². The van der Waals surface area contributed by atoms with Gasteiger partial charge in [-0.05, 0) is 24.5 Å². The number of carbonyl (C=O) groups is 2. The van der Waals surface area contributed by atoms with Crippen LogP contribution in [-0.2, 0) is 9.53 Å². The number of carbonyl (C=O) groups excluding carboxylic acids is 2. The number of rotatable bonds is 3. The van der Waals surface area contributed by atoms with Crippen LogP contribution in [0.15, 0.2) is 22.8 Å². The van der Waals surface area contributed by atoms with Crippen LogP contribution >= 0.6 is 0 Å². The van der Waals surface area contributed by atoms with E-state index in [4.69, 9.17) is 9.15 Å². The average molecular weight is 292 g/mol. The fourth-order valence-corrected chi connectivity index (χ4v) is 2.84. The first-order valence-electron chi connectivity index (χ1n) is 7.42. The molecule has 0 radical (unpaired) electrons. The van der Waals surface area contributed by atoms with Crippen LogP contribution in [0.2, 0.25) is 0 Å². The Hall–Kier alpha value is -1.82. The molecule has 2 saturated heterocycles. The van der Waals surface area contributed by atoms with Crippen molar-refractivity contribution in [3.63, 3.8) is 0 Å². The normalized spacial score (nSPS) is 22.6. The van der Waals surface area contributed by atoms with Crippen molar-refractivity contribution in [1.29, 1.82) is 0 Å². The maximum absolute atomic E-state index is 12.2. The van der Waals surface area contributed by atoms with Crippen LogP contribution in [0.1, 0.15) is 23.4 Å². The van der Waals surface area contributed by atoms with Crippen molar-refractivity contribution in [2.75, 3.05) is 39.4 Å². The molecule has 0 unspecified atom stereocenters. The summed E-state index contributed by atoms with van der Waals surface area (Å²) in [5.74, 6) is 0.796. The number of furan rings is 1. The summed E-state index contributed by atoms with van der Waals surface area (Å²) in [5.41, 5.74) is 0. The van der Waals surface area contributed by atoms with Gasteiger partial charge in [0.25, 0.3) is 5.91 Å². The molecule has 3 heterocycles. The third-order valence-corrected chi connectivity index (χ3v) is 4.14. The minimum atomic E-state index is -0.101. The highest BCUT2D eigenvalue weighted by molar-refractivity contribution is 5.91. The number of ether oxygens (including phenoxy) is 1. The zero-order chi connectivity index (χ0) is 14.7. The summed E-state index contributed by atoms with van der Waals surface area (Å²) >= 11 is 0. The molecule has 0 N–H and O–H groups in total. The molecule has 2 aliphatic heterocycles. The van der Waals surface area contributed by atoms with Gasteiger partial charge >= 0.3 is 0 Å². The third kappa shape index (κ3) is 3.26. The van der Waals surface area contributed by atoms with Gasteiger partial charge in [0.05, 0.1) is 6.26 Å². The molecule has 1 atom stereocenters. The second-order valence-electron chi connectivity index (χ2n) is 5.58. The quantitative estimate of drug-likeness (QED) is 0.833. The van der Waals surface area contributed by atoms with E-state index in [0.29, 0.717) is 50.9 Å². The van der Waals surface area contributed by atoms with Gasteiger partial charge in [-0.15, -0.1) is 0 Å². The minimum Gasteiger partial charge on any atom is -0.459 e. The third-order valence-electron chi connectivity index (χ3n) is 4.14. The molecule has 0 aliphatic carbocycles. The summed E-state index contributed by atoms with van der Waals surface area (Å²) in [7, 11) is 0. The molecule has 0 aromatic carbocycles.